The minimum Gasteiger partial charge on any atom is -0.494 e. The van der Waals surface area contributed by atoms with E-state index < -0.39 is 5.54 Å². The van der Waals surface area contributed by atoms with Crippen LogP contribution >= 0.6 is 0 Å². The Morgan fingerprint density at radius 3 is 2.59 bits per heavy atom. The number of nitrogens with one attached hydrogen (secondary N) is 1. The van der Waals surface area contributed by atoms with Gasteiger partial charge >= 0.3 is 0 Å². The zero-order chi connectivity index (χ0) is 13.1. The molecule has 1 unspecified atom stereocenters. The van der Waals surface area contributed by atoms with Crippen LogP contribution in [0.1, 0.15) is 32.4 Å². The van der Waals surface area contributed by atoms with E-state index >= 15 is 0 Å². The fourth-order valence-corrected chi connectivity index (χ4v) is 1.67. The highest BCUT2D eigenvalue weighted by Crippen LogP contribution is 2.23. The van der Waals surface area contributed by atoms with Crippen LogP contribution in [0.4, 0.5) is 4.39 Å². The first-order valence-corrected chi connectivity index (χ1v) is 5.61. The third kappa shape index (κ3) is 3.68. The fourth-order valence-electron chi connectivity index (χ4n) is 1.67. The maximum Gasteiger partial charge on any atom is 0.165 e. The summed E-state index contributed by atoms with van der Waals surface area (Å²) in [7, 11) is 1.44. The third-order valence-corrected chi connectivity index (χ3v) is 2.68. The van der Waals surface area contributed by atoms with Gasteiger partial charge in [-0.25, -0.2) is 4.39 Å². The van der Waals surface area contributed by atoms with Gasteiger partial charge in [0, 0.05) is 11.6 Å². The summed E-state index contributed by atoms with van der Waals surface area (Å²) in [6.45, 7) is 5.74. The number of rotatable bonds is 5. The van der Waals surface area contributed by atoms with Gasteiger partial charge in [0.1, 0.15) is 0 Å². The van der Waals surface area contributed by atoms with Gasteiger partial charge in [-0.15, -0.1) is 0 Å². The van der Waals surface area contributed by atoms with E-state index in [9.17, 15) is 9.50 Å². The second-order valence-electron chi connectivity index (χ2n) is 4.80. The van der Waals surface area contributed by atoms with E-state index in [4.69, 9.17) is 4.74 Å². The van der Waals surface area contributed by atoms with Gasteiger partial charge in [0.05, 0.1) is 13.7 Å². The van der Waals surface area contributed by atoms with Gasteiger partial charge in [0.2, 0.25) is 0 Å². The van der Waals surface area contributed by atoms with Crippen molar-refractivity contribution < 1.29 is 14.2 Å². The minimum absolute atomic E-state index is 0.0238. The molecule has 0 aromatic heterocycles. The molecule has 1 aromatic rings. The highest BCUT2D eigenvalue weighted by atomic mass is 19.1. The first-order chi connectivity index (χ1) is 7.89. The van der Waals surface area contributed by atoms with E-state index in [-0.39, 0.29) is 24.2 Å². The highest BCUT2D eigenvalue weighted by molar-refractivity contribution is 5.30. The lowest BCUT2D eigenvalue weighted by molar-refractivity contribution is 0.177. The molecule has 0 amide bonds. The van der Waals surface area contributed by atoms with Crippen LogP contribution in [0.5, 0.6) is 5.75 Å². The lowest BCUT2D eigenvalue weighted by Crippen LogP contribution is -2.43. The molecule has 0 bridgehead atoms. The molecule has 0 fully saturated rings. The number of halogens is 1. The molecule has 0 radical (unpaired) electrons. The van der Waals surface area contributed by atoms with Crippen LogP contribution in [0, 0.1) is 5.82 Å². The van der Waals surface area contributed by atoms with Crippen molar-refractivity contribution in [2.45, 2.75) is 32.4 Å². The second-order valence-corrected chi connectivity index (χ2v) is 4.80. The number of aliphatic hydroxyl groups excluding tert-OH is 1. The monoisotopic (exact) mass is 241 g/mol. The number of benzene rings is 1. The van der Waals surface area contributed by atoms with Crippen molar-refractivity contribution in [3.8, 4) is 5.75 Å². The second kappa shape index (κ2) is 5.47. The molecule has 1 aromatic carbocycles. The number of hydrogen-bond acceptors (Lipinski definition) is 3. The van der Waals surface area contributed by atoms with E-state index in [0.717, 1.165) is 5.56 Å². The van der Waals surface area contributed by atoms with Crippen LogP contribution in [0.15, 0.2) is 18.2 Å². The zero-order valence-electron chi connectivity index (χ0n) is 10.7. The normalized spacial score (nSPS) is 13.5. The summed E-state index contributed by atoms with van der Waals surface area (Å²) >= 11 is 0. The van der Waals surface area contributed by atoms with Crippen LogP contribution in [0.3, 0.4) is 0 Å². The van der Waals surface area contributed by atoms with E-state index in [1.807, 2.05) is 26.8 Å². The summed E-state index contributed by atoms with van der Waals surface area (Å²) < 4.78 is 18.4. The Bertz CT molecular complexity index is 380. The molecule has 0 heterocycles. The SMILES string of the molecule is COc1ccc(C(C)NC(C)(C)CO)cc1F. The zero-order valence-corrected chi connectivity index (χ0v) is 10.7. The Hall–Kier alpha value is -1.13. The Morgan fingerprint density at radius 2 is 2.12 bits per heavy atom. The number of hydrogen-bond donors (Lipinski definition) is 2. The largest absolute Gasteiger partial charge is 0.494 e. The molecule has 1 rings (SSSR count). The van der Waals surface area contributed by atoms with Gasteiger partial charge in [-0.05, 0) is 38.5 Å². The van der Waals surface area contributed by atoms with Crippen LogP contribution in [0.25, 0.3) is 0 Å². The summed E-state index contributed by atoms with van der Waals surface area (Å²) in [4.78, 5) is 0. The molecule has 0 aliphatic heterocycles. The molecule has 0 aliphatic rings. The molecule has 96 valence electrons. The van der Waals surface area contributed by atoms with Crippen molar-refractivity contribution in [1.82, 2.24) is 5.32 Å². The maximum absolute atomic E-state index is 13.5. The molecule has 0 saturated heterocycles. The van der Waals surface area contributed by atoms with Crippen molar-refractivity contribution in [2.24, 2.45) is 0 Å². The predicted octanol–water partition coefficient (Wildman–Crippen LogP) is 2.26. The molecule has 0 spiro atoms. The lowest BCUT2D eigenvalue weighted by Gasteiger charge is -2.28. The molecule has 17 heavy (non-hydrogen) atoms. The first kappa shape index (κ1) is 13.9. The van der Waals surface area contributed by atoms with Crippen molar-refractivity contribution in [2.75, 3.05) is 13.7 Å². The maximum atomic E-state index is 13.5. The Kier molecular flexibility index (Phi) is 4.48. The van der Waals surface area contributed by atoms with Gasteiger partial charge < -0.3 is 15.2 Å². The summed E-state index contributed by atoms with van der Waals surface area (Å²) in [5.41, 5.74) is 0.431. The highest BCUT2D eigenvalue weighted by Gasteiger charge is 2.20. The molecule has 0 saturated carbocycles. The summed E-state index contributed by atoms with van der Waals surface area (Å²) in [6, 6.07) is 4.82. The van der Waals surface area contributed by atoms with Gasteiger partial charge in [-0.2, -0.15) is 0 Å². The Morgan fingerprint density at radius 1 is 1.47 bits per heavy atom. The van der Waals surface area contributed by atoms with E-state index in [1.165, 1.54) is 13.2 Å². The number of ether oxygens (including phenoxy) is 1. The molecule has 0 aliphatic carbocycles. The van der Waals surface area contributed by atoms with Gasteiger partial charge in [-0.3, -0.25) is 0 Å². The van der Waals surface area contributed by atoms with Crippen molar-refractivity contribution in [3.05, 3.63) is 29.6 Å². The van der Waals surface area contributed by atoms with Gasteiger partial charge in [0.15, 0.2) is 11.6 Å². The quantitative estimate of drug-likeness (QED) is 0.830. The van der Waals surface area contributed by atoms with Crippen molar-refractivity contribution in [3.63, 3.8) is 0 Å². The summed E-state index contributed by atoms with van der Waals surface area (Å²) in [6.07, 6.45) is 0. The molecule has 4 heteroatoms. The fraction of sp³-hybridized carbons (Fsp3) is 0.538. The molecule has 3 nitrogen and oxygen atoms in total. The molecular formula is C13H20FNO2. The van der Waals surface area contributed by atoms with Crippen LogP contribution < -0.4 is 10.1 Å². The Labute approximate surface area is 102 Å². The summed E-state index contributed by atoms with van der Waals surface area (Å²) in [5.74, 6) is -0.136. The van der Waals surface area contributed by atoms with Crippen LogP contribution in [-0.4, -0.2) is 24.4 Å². The molecule has 2 N–H and O–H groups in total. The third-order valence-electron chi connectivity index (χ3n) is 2.68. The van der Waals surface area contributed by atoms with Gasteiger partial charge in [0.25, 0.3) is 0 Å². The van der Waals surface area contributed by atoms with Crippen LogP contribution in [0.2, 0.25) is 0 Å². The average molecular weight is 241 g/mol. The van der Waals surface area contributed by atoms with Crippen LogP contribution in [-0.2, 0) is 0 Å². The van der Waals surface area contributed by atoms with Gasteiger partial charge in [-0.1, -0.05) is 6.07 Å². The molecular weight excluding hydrogens is 221 g/mol. The molecule has 1 atom stereocenters. The van der Waals surface area contributed by atoms with E-state index in [0.29, 0.717) is 0 Å². The van der Waals surface area contributed by atoms with Crippen molar-refractivity contribution >= 4 is 0 Å². The topological polar surface area (TPSA) is 41.5 Å². The summed E-state index contributed by atoms with van der Waals surface area (Å²) in [5, 5.41) is 12.4. The van der Waals surface area contributed by atoms with E-state index in [2.05, 4.69) is 5.32 Å². The smallest absolute Gasteiger partial charge is 0.165 e. The number of aliphatic hydroxyl groups is 1. The van der Waals surface area contributed by atoms with E-state index in [1.54, 1.807) is 6.07 Å². The predicted molar refractivity (Wildman–Crippen MR) is 65.7 cm³/mol. The first-order valence-electron chi connectivity index (χ1n) is 5.61. The van der Waals surface area contributed by atoms with Crippen molar-refractivity contribution in [1.29, 1.82) is 0 Å². The standard InChI is InChI=1S/C13H20FNO2/c1-9(15-13(2,3)8-16)10-5-6-12(17-4)11(14)7-10/h5-7,9,15-16H,8H2,1-4H3. The Balaban J connectivity index is 2.83. The average Bonchev–Trinajstić information content (AvgIpc) is 2.28. The number of methoxy groups -OCH3 is 1. The lowest BCUT2D eigenvalue weighted by atomic mass is 10.0. The minimum atomic E-state index is -0.393.